The number of hydrogen-bond acceptors (Lipinski definition) is 2. The number of nitrogens with two attached hydrogens (primary N) is 1. The molecule has 0 radical (unpaired) electrons. The van der Waals surface area contributed by atoms with E-state index in [1.807, 2.05) is 13.8 Å². The first-order chi connectivity index (χ1) is 4.75. The van der Waals surface area contributed by atoms with Gasteiger partial charge in [0, 0.05) is 0 Å². The summed E-state index contributed by atoms with van der Waals surface area (Å²) in [6, 6.07) is 0. The first-order valence-electron chi connectivity index (χ1n) is 3.69. The maximum absolute atomic E-state index is 10.8. The molecule has 0 aliphatic heterocycles. The lowest BCUT2D eigenvalue weighted by Crippen LogP contribution is -2.44. The zero-order valence-corrected chi connectivity index (χ0v) is 7.64. The lowest BCUT2D eigenvalue weighted by atomic mass is 9.68. The summed E-state index contributed by atoms with van der Waals surface area (Å²) in [5.74, 6) is -0.798. The van der Waals surface area contributed by atoms with E-state index in [0.717, 1.165) is 0 Å². The SMILES string of the molecule is CC(C)(CN)C(C)(C)C(=O)O. The van der Waals surface area contributed by atoms with E-state index >= 15 is 0 Å². The molecule has 0 aromatic carbocycles. The number of carboxylic acids is 1. The molecule has 0 rings (SSSR count). The van der Waals surface area contributed by atoms with Gasteiger partial charge in [-0.3, -0.25) is 4.79 Å². The fourth-order valence-electron chi connectivity index (χ4n) is 0.545. The van der Waals surface area contributed by atoms with Crippen LogP contribution in [0.2, 0.25) is 0 Å². The average molecular weight is 159 g/mol. The normalized spacial score (nSPS) is 13.2. The van der Waals surface area contributed by atoms with Crippen molar-refractivity contribution in [1.82, 2.24) is 0 Å². The molecule has 0 aromatic heterocycles. The Balaban J connectivity index is 4.67. The lowest BCUT2D eigenvalue weighted by Gasteiger charge is -2.36. The van der Waals surface area contributed by atoms with Crippen molar-refractivity contribution in [3.63, 3.8) is 0 Å². The third-order valence-corrected chi connectivity index (χ3v) is 2.74. The second-order valence-corrected chi connectivity index (χ2v) is 4.02. The molecule has 0 heterocycles. The summed E-state index contributed by atoms with van der Waals surface area (Å²) < 4.78 is 0. The van der Waals surface area contributed by atoms with Crippen molar-refractivity contribution in [3.8, 4) is 0 Å². The lowest BCUT2D eigenvalue weighted by molar-refractivity contribution is -0.153. The van der Waals surface area contributed by atoms with Gasteiger partial charge in [0.2, 0.25) is 0 Å². The largest absolute Gasteiger partial charge is 0.481 e. The summed E-state index contributed by atoms with van der Waals surface area (Å²) in [7, 11) is 0. The Morgan fingerprint density at radius 2 is 1.73 bits per heavy atom. The molecule has 0 amide bonds. The van der Waals surface area contributed by atoms with Crippen LogP contribution in [0.5, 0.6) is 0 Å². The summed E-state index contributed by atoms with van der Waals surface area (Å²) in [4.78, 5) is 10.8. The van der Waals surface area contributed by atoms with Crippen molar-refractivity contribution < 1.29 is 9.90 Å². The Labute approximate surface area is 67.6 Å². The van der Waals surface area contributed by atoms with Crippen LogP contribution in [0.3, 0.4) is 0 Å². The smallest absolute Gasteiger partial charge is 0.309 e. The van der Waals surface area contributed by atoms with E-state index in [-0.39, 0.29) is 5.41 Å². The van der Waals surface area contributed by atoms with Gasteiger partial charge in [0.15, 0.2) is 0 Å². The predicted molar refractivity (Wildman–Crippen MR) is 44.3 cm³/mol. The maximum Gasteiger partial charge on any atom is 0.309 e. The van der Waals surface area contributed by atoms with Gasteiger partial charge in [0.1, 0.15) is 0 Å². The van der Waals surface area contributed by atoms with Crippen molar-refractivity contribution >= 4 is 5.97 Å². The number of hydrogen-bond donors (Lipinski definition) is 2. The molecule has 0 fully saturated rings. The molecule has 0 aliphatic carbocycles. The quantitative estimate of drug-likeness (QED) is 0.647. The minimum atomic E-state index is -0.798. The van der Waals surface area contributed by atoms with Gasteiger partial charge in [-0.1, -0.05) is 13.8 Å². The number of aliphatic carboxylic acids is 1. The summed E-state index contributed by atoms with van der Waals surface area (Å²) >= 11 is 0. The van der Waals surface area contributed by atoms with Crippen LogP contribution in [-0.4, -0.2) is 17.6 Å². The van der Waals surface area contributed by atoms with Crippen LogP contribution >= 0.6 is 0 Å². The van der Waals surface area contributed by atoms with Gasteiger partial charge in [0.05, 0.1) is 5.41 Å². The highest BCUT2D eigenvalue weighted by Gasteiger charge is 2.42. The molecule has 0 saturated heterocycles. The van der Waals surface area contributed by atoms with E-state index in [4.69, 9.17) is 10.8 Å². The van der Waals surface area contributed by atoms with E-state index in [0.29, 0.717) is 6.54 Å². The highest BCUT2D eigenvalue weighted by atomic mass is 16.4. The zero-order chi connectivity index (χ0) is 9.28. The van der Waals surface area contributed by atoms with Gasteiger partial charge in [-0.25, -0.2) is 0 Å². The summed E-state index contributed by atoms with van der Waals surface area (Å²) in [6.45, 7) is 7.50. The fourth-order valence-corrected chi connectivity index (χ4v) is 0.545. The molecule has 11 heavy (non-hydrogen) atoms. The van der Waals surface area contributed by atoms with Crippen molar-refractivity contribution in [2.75, 3.05) is 6.54 Å². The van der Waals surface area contributed by atoms with Gasteiger partial charge in [-0.05, 0) is 25.8 Å². The highest BCUT2D eigenvalue weighted by Crippen LogP contribution is 2.37. The molecule has 0 saturated carbocycles. The Kier molecular flexibility index (Phi) is 2.67. The second-order valence-electron chi connectivity index (χ2n) is 4.02. The third-order valence-electron chi connectivity index (χ3n) is 2.74. The second kappa shape index (κ2) is 2.81. The van der Waals surface area contributed by atoms with Crippen LogP contribution in [0, 0.1) is 10.8 Å². The van der Waals surface area contributed by atoms with E-state index in [1.54, 1.807) is 13.8 Å². The standard InChI is InChI=1S/C8H17NO2/c1-7(2,5-9)8(3,4)6(10)11/h5,9H2,1-4H3,(H,10,11). The van der Waals surface area contributed by atoms with E-state index in [1.165, 1.54) is 0 Å². The van der Waals surface area contributed by atoms with Crippen LogP contribution in [0.4, 0.5) is 0 Å². The van der Waals surface area contributed by atoms with Gasteiger partial charge in [-0.15, -0.1) is 0 Å². The molecule has 3 heteroatoms. The Morgan fingerprint density at radius 3 is 1.82 bits per heavy atom. The first kappa shape index (κ1) is 10.4. The minimum absolute atomic E-state index is 0.362. The van der Waals surface area contributed by atoms with Crippen LogP contribution in [-0.2, 0) is 4.79 Å². The monoisotopic (exact) mass is 159 g/mol. The molecule has 0 bridgehead atoms. The summed E-state index contributed by atoms with van der Waals surface area (Å²) in [5.41, 5.74) is 4.34. The summed E-state index contributed by atoms with van der Waals surface area (Å²) in [6.07, 6.45) is 0. The molecular weight excluding hydrogens is 142 g/mol. The number of carbonyl (C=O) groups is 1. The molecule has 0 spiro atoms. The van der Waals surface area contributed by atoms with E-state index in [2.05, 4.69) is 0 Å². The predicted octanol–water partition coefficient (Wildman–Crippen LogP) is 1.08. The molecule has 3 N–H and O–H groups in total. The molecule has 0 atom stereocenters. The molecule has 0 unspecified atom stereocenters. The van der Waals surface area contributed by atoms with Gasteiger partial charge < -0.3 is 10.8 Å². The molecule has 0 aromatic rings. The van der Waals surface area contributed by atoms with Crippen LogP contribution in [0.15, 0.2) is 0 Å². The van der Waals surface area contributed by atoms with Gasteiger partial charge in [0.25, 0.3) is 0 Å². The Bertz CT molecular complexity index is 161. The van der Waals surface area contributed by atoms with Crippen molar-refractivity contribution in [3.05, 3.63) is 0 Å². The van der Waals surface area contributed by atoms with Gasteiger partial charge >= 0.3 is 5.97 Å². The third kappa shape index (κ3) is 1.71. The summed E-state index contributed by atoms with van der Waals surface area (Å²) in [5, 5.41) is 8.85. The topological polar surface area (TPSA) is 63.3 Å². The minimum Gasteiger partial charge on any atom is -0.481 e. The van der Waals surface area contributed by atoms with Crippen molar-refractivity contribution in [2.45, 2.75) is 27.7 Å². The van der Waals surface area contributed by atoms with Crippen molar-refractivity contribution in [2.24, 2.45) is 16.6 Å². The van der Waals surface area contributed by atoms with Crippen molar-refractivity contribution in [1.29, 1.82) is 0 Å². The molecule has 66 valence electrons. The van der Waals surface area contributed by atoms with Crippen LogP contribution < -0.4 is 5.73 Å². The molecule has 0 aliphatic rings. The first-order valence-corrected chi connectivity index (χ1v) is 3.69. The fraction of sp³-hybridized carbons (Fsp3) is 0.875. The average Bonchev–Trinajstić information content (AvgIpc) is 1.87. The maximum atomic E-state index is 10.8. The van der Waals surface area contributed by atoms with E-state index in [9.17, 15) is 4.79 Å². The number of carboxylic acid groups (broad SMARTS) is 1. The Morgan fingerprint density at radius 1 is 1.36 bits per heavy atom. The zero-order valence-electron chi connectivity index (χ0n) is 7.64. The number of rotatable bonds is 3. The highest BCUT2D eigenvalue weighted by molar-refractivity contribution is 5.74. The molecule has 3 nitrogen and oxygen atoms in total. The van der Waals surface area contributed by atoms with E-state index < -0.39 is 11.4 Å². The Hall–Kier alpha value is -0.570. The molecular formula is C8H17NO2. The van der Waals surface area contributed by atoms with Gasteiger partial charge in [-0.2, -0.15) is 0 Å². The van der Waals surface area contributed by atoms with Crippen LogP contribution in [0.1, 0.15) is 27.7 Å². The van der Waals surface area contributed by atoms with Crippen LogP contribution in [0.25, 0.3) is 0 Å².